The fraction of sp³-hybridized carbons (Fsp3) is 0.600. The van der Waals surface area contributed by atoms with Crippen LogP contribution in [-0.2, 0) is 20.7 Å². The van der Waals surface area contributed by atoms with Gasteiger partial charge in [0, 0.05) is 25.2 Å². The highest BCUT2D eigenvalue weighted by Crippen LogP contribution is 2.29. The van der Waals surface area contributed by atoms with Crippen LogP contribution < -0.4 is 4.90 Å². The van der Waals surface area contributed by atoms with Gasteiger partial charge in [0.05, 0.1) is 25.2 Å². The van der Waals surface area contributed by atoms with E-state index < -0.39 is 0 Å². The van der Waals surface area contributed by atoms with Gasteiger partial charge in [0.2, 0.25) is 11.8 Å². The van der Waals surface area contributed by atoms with Crippen molar-refractivity contribution < 1.29 is 14.3 Å². The van der Waals surface area contributed by atoms with Crippen LogP contribution in [0.1, 0.15) is 44.1 Å². The van der Waals surface area contributed by atoms with Gasteiger partial charge >= 0.3 is 0 Å². The first kappa shape index (κ1) is 16.6. The lowest BCUT2D eigenvalue weighted by molar-refractivity contribution is -0.148. The third-order valence-electron chi connectivity index (χ3n) is 5.73. The van der Waals surface area contributed by atoms with E-state index >= 15 is 0 Å². The van der Waals surface area contributed by atoms with Gasteiger partial charge in [0.15, 0.2) is 0 Å². The fourth-order valence-electron chi connectivity index (χ4n) is 4.40. The van der Waals surface area contributed by atoms with Crippen LogP contribution in [0.3, 0.4) is 0 Å². The highest BCUT2D eigenvalue weighted by atomic mass is 16.5. The summed E-state index contributed by atoms with van der Waals surface area (Å²) < 4.78 is 5.86. The molecule has 5 nitrogen and oxygen atoms in total. The lowest BCUT2D eigenvalue weighted by Gasteiger charge is -2.43. The number of rotatable bonds is 3. The number of amides is 2. The van der Waals surface area contributed by atoms with Crippen molar-refractivity contribution in [2.75, 3.05) is 24.6 Å². The van der Waals surface area contributed by atoms with Gasteiger partial charge < -0.3 is 14.5 Å². The van der Waals surface area contributed by atoms with Crippen LogP contribution in [0.15, 0.2) is 24.3 Å². The van der Waals surface area contributed by atoms with Gasteiger partial charge in [-0.25, -0.2) is 0 Å². The van der Waals surface area contributed by atoms with Crippen LogP contribution in [0.25, 0.3) is 0 Å². The Morgan fingerprint density at radius 1 is 1.08 bits per heavy atom. The average Bonchev–Trinajstić information content (AvgIpc) is 3.08. The Bertz CT molecular complexity index is 641. The van der Waals surface area contributed by atoms with E-state index in [4.69, 9.17) is 4.74 Å². The van der Waals surface area contributed by atoms with Gasteiger partial charge in [-0.05, 0) is 37.0 Å². The monoisotopic (exact) mass is 342 g/mol. The first-order valence-electron chi connectivity index (χ1n) is 9.53. The van der Waals surface area contributed by atoms with Crippen molar-refractivity contribution in [2.24, 2.45) is 0 Å². The van der Waals surface area contributed by atoms with Crippen molar-refractivity contribution in [3.05, 3.63) is 29.8 Å². The summed E-state index contributed by atoms with van der Waals surface area (Å²) in [4.78, 5) is 28.5. The van der Waals surface area contributed by atoms with E-state index in [0.29, 0.717) is 26.0 Å². The maximum Gasteiger partial charge on any atom is 0.227 e. The molecular weight excluding hydrogens is 316 g/mol. The molecule has 3 aliphatic rings. The first-order valence-corrected chi connectivity index (χ1v) is 9.53. The molecule has 25 heavy (non-hydrogen) atoms. The maximum absolute atomic E-state index is 12.8. The number of nitrogens with zero attached hydrogens (tertiary/aromatic N) is 2. The molecule has 0 spiro atoms. The van der Waals surface area contributed by atoms with Crippen molar-refractivity contribution in [2.45, 2.75) is 57.1 Å². The Balaban J connectivity index is 1.41. The van der Waals surface area contributed by atoms with Crippen LogP contribution in [0, 0.1) is 0 Å². The molecule has 2 amide bonds. The minimum Gasteiger partial charge on any atom is -0.374 e. The fourth-order valence-corrected chi connectivity index (χ4v) is 4.40. The largest absolute Gasteiger partial charge is 0.374 e. The number of benzene rings is 1. The number of morpholine rings is 1. The summed E-state index contributed by atoms with van der Waals surface area (Å²) in [5.41, 5.74) is 1.96. The topological polar surface area (TPSA) is 49.9 Å². The lowest BCUT2D eigenvalue weighted by Crippen LogP contribution is -2.55. The van der Waals surface area contributed by atoms with Crippen LogP contribution in [0.2, 0.25) is 0 Å². The summed E-state index contributed by atoms with van der Waals surface area (Å²) in [5.74, 6) is 0.394. The minimum atomic E-state index is 0.195. The minimum absolute atomic E-state index is 0.195. The highest BCUT2D eigenvalue weighted by molar-refractivity contribution is 5.95. The summed E-state index contributed by atoms with van der Waals surface area (Å²) in [6.07, 6.45) is 6.76. The molecule has 2 saturated heterocycles. The van der Waals surface area contributed by atoms with Gasteiger partial charge in [-0.1, -0.05) is 25.0 Å². The molecule has 3 fully saturated rings. The zero-order valence-electron chi connectivity index (χ0n) is 14.7. The van der Waals surface area contributed by atoms with Crippen LogP contribution in [0.4, 0.5) is 5.69 Å². The van der Waals surface area contributed by atoms with Gasteiger partial charge in [0.25, 0.3) is 0 Å². The van der Waals surface area contributed by atoms with E-state index in [1.165, 1.54) is 12.8 Å². The van der Waals surface area contributed by atoms with Crippen LogP contribution in [-0.4, -0.2) is 48.6 Å². The number of hydrogen-bond donors (Lipinski definition) is 0. The molecule has 1 aliphatic carbocycles. The van der Waals surface area contributed by atoms with E-state index in [2.05, 4.69) is 0 Å². The lowest BCUT2D eigenvalue weighted by atomic mass is 9.90. The van der Waals surface area contributed by atoms with Gasteiger partial charge in [-0.2, -0.15) is 0 Å². The Kier molecular flexibility index (Phi) is 4.75. The third kappa shape index (κ3) is 3.43. The second kappa shape index (κ2) is 7.16. The molecular formula is C20H26N2O3. The zero-order valence-corrected chi connectivity index (χ0v) is 14.7. The van der Waals surface area contributed by atoms with Gasteiger partial charge in [-0.3, -0.25) is 9.59 Å². The smallest absolute Gasteiger partial charge is 0.227 e. The Morgan fingerprint density at radius 3 is 2.64 bits per heavy atom. The van der Waals surface area contributed by atoms with Gasteiger partial charge in [0.1, 0.15) is 0 Å². The van der Waals surface area contributed by atoms with E-state index in [0.717, 1.165) is 37.1 Å². The Hall–Kier alpha value is -1.88. The molecule has 2 atom stereocenters. The van der Waals surface area contributed by atoms with Crippen molar-refractivity contribution in [1.82, 2.24) is 4.90 Å². The Labute approximate surface area is 148 Å². The molecule has 1 saturated carbocycles. The molecule has 1 aromatic rings. The molecule has 4 rings (SSSR count). The quantitative estimate of drug-likeness (QED) is 0.848. The predicted octanol–water partition coefficient (Wildman–Crippen LogP) is 2.53. The number of anilines is 1. The Morgan fingerprint density at radius 2 is 1.88 bits per heavy atom. The normalized spacial score (nSPS) is 26.6. The summed E-state index contributed by atoms with van der Waals surface area (Å²) in [7, 11) is 0. The van der Waals surface area contributed by atoms with E-state index in [-0.39, 0.29) is 24.0 Å². The number of carbonyl (C=O) groups is 2. The molecule has 134 valence electrons. The maximum atomic E-state index is 12.8. The number of ether oxygens (including phenoxy) is 1. The third-order valence-corrected chi connectivity index (χ3v) is 5.73. The van der Waals surface area contributed by atoms with Crippen molar-refractivity contribution in [3.8, 4) is 0 Å². The summed E-state index contributed by atoms with van der Waals surface area (Å²) >= 11 is 0. The summed E-state index contributed by atoms with van der Waals surface area (Å²) in [6.45, 7) is 2.16. The van der Waals surface area contributed by atoms with Crippen molar-refractivity contribution in [3.63, 3.8) is 0 Å². The standard InChI is InChI=1S/C20H26N2O3/c23-19-6-3-11-21(19)16-9-7-15(8-10-16)14-20(24)22-12-13-25-18-5-2-1-4-17(18)22/h7-10,17-18H,1-6,11-14H2. The zero-order chi connectivity index (χ0) is 17.2. The molecule has 2 aliphatic heterocycles. The molecule has 2 unspecified atom stereocenters. The number of fused-ring (bicyclic) bond motifs is 1. The summed E-state index contributed by atoms with van der Waals surface area (Å²) in [5, 5.41) is 0. The molecule has 1 aromatic carbocycles. The molecule has 0 radical (unpaired) electrons. The molecule has 2 heterocycles. The van der Waals surface area contributed by atoms with Crippen LogP contribution in [0.5, 0.6) is 0 Å². The second-order valence-electron chi connectivity index (χ2n) is 7.34. The molecule has 0 bridgehead atoms. The predicted molar refractivity (Wildman–Crippen MR) is 95.4 cm³/mol. The molecule has 5 heteroatoms. The molecule has 0 aromatic heterocycles. The number of hydrogen-bond acceptors (Lipinski definition) is 3. The first-order chi connectivity index (χ1) is 12.2. The van der Waals surface area contributed by atoms with Crippen molar-refractivity contribution >= 4 is 17.5 Å². The SMILES string of the molecule is O=C1CCCN1c1ccc(CC(=O)N2CCOC3CCCCC32)cc1. The average molecular weight is 342 g/mol. The van der Waals surface area contributed by atoms with Crippen LogP contribution >= 0.6 is 0 Å². The second-order valence-corrected chi connectivity index (χ2v) is 7.34. The van der Waals surface area contributed by atoms with E-state index in [1.807, 2.05) is 34.1 Å². The van der Waals surface area contributed by atoms with Crippen molar-refractivity contribution in [1.29, 1.82) is 0 Å². The molecule has 0 N–H and O–H groups in total. The number of carbonyl (C=O) groups excluding carboxylic acids is 2. The van der Waals surface area contributed by atoms with Gasteiger partial charge in [-0.15, -0.1) is 0 Å². The summed E-state index contributed by atoms with van der Waals surface area (Å²) in [6, 6.07) is 8.16. The van der Waals surface area contributed by atoms with E-state index in [1.54, 1.807) is 0 Å². The highest BCUT2D eigenvalue weighted by Gasteiger charge is 2.36. The van der Waals surface area contributed by atoms with E-state index in [9.17, 15) is 9.59 Å².